The smallest absolute Gasteiger partial charge is 0.248 e. The van der Waals surface area contributed by atoms with Gasteiger partial charge in [-0.25, -0.2) is 0 Å². The topological polar surface area (TPSA) is 104 Å². The Labute approximate surface area is 121 Å². The minimum Gasteiger partial charge on any atom is -0.340 e. The van der Waals surface area contributed by atoms with Gasteiger partial charge in [-0.1, -0.05) is 40.1 Å². The van der Waals surface area contributed by atoms with E-state index in [2.05, 4.69) is 20.3 Å². The highest BCUT2D eigenvalue weighted by molar-refractivity contribution is 5.27. The van der Waals surface area contributed by atoms with E-state index < -0.39 is 6.04 Å². The van der Waals surface area contributed by atoms with E-state index in [9.17, 15) is 0 Å². The maximum atomic E-state index is 6.13. The summed E-state index contributed by atoms with van der Waals surface area (Å²) in [6.07, 6.45) is 0.349. The fraction of sp³-hybridized carbons (Fsp3) is 0.286. The van der Waals surface area contributed by atoms with Gasteiger partial charge in [-0.3, -0.25) is 0 Å². The average Bonchev–Trinajstić information content (AvgIpc) is 3.09. The molecule has 7 heteroatoms. The van der Waals surface area contributed by atoms with Gasteiger partial charge in [0.15, 0.2) is 11.6 Å². The van der Waals surface area contributed by atoms with E-state index in [1.165, 1.54) is 5.56 Å². The maximum Gasteiger partial charge on any atom is 0.248 e. The van der Waals surface area contributed by atoms with Crippen LogP contribution >= 0.6 is 0 Å². The molecule has 0 saturated heterocycles. The van der Waals surface area contributed by atoms with Crippen molar-refractivity contribution in [3.05, 3.63) is 58.8 Å². The Balaban J connectivity index is 1.76. The molecule has 1 unspecified atom stereocenters. The molecule has 0 bridgehead atoms. The summed E-state index contributed by atoms with van der Waals surface area (Å²) in [7, 11) is 0. The minimum atomic E-state index is -0.446. The third-order valence-electron chi connectivity index (χ3n) is 3.07. The maximum absolute atomic E-state index is 6.13. The molecule has 108 valence electrons. The van der Waals surface area contributed by atoms with Crippen LogP contribution in [0.25, 0.3) is 0 Å². The number of aromatic nitrogens is 4. The Morgan fingerprint density at radius 1 is 1.00 bits per heavy atom. The third-order valence-corrected chi connectivity index (χ3v) is 3.07. The Bertz CT molecular complexity index is 732. The standard InChI is InChI=1S/C14H15N5O2/c1-8-3-5-10(6-4-8)13(15)14-17-12(19-21-14)7-11-16-9(2)20-18-11/h3-6,13H,7,15H2,1-2H3. The molecular formula is C14H15N5O2. The van der Waals surface area contributed by atoms with Crippen LogP contribution in [0.2, 0.25) is 0 Å². The van der Waals surface area contributed by atoms with E-state index >= 15 is 0 Å². The van der Waals surface area contributed by atoms with Crippen LogP contribution in [0.4, 0.5) is 0 Å². The first kappa shape index (κ1) is 13.4. The van der Waals surface area contributed by atoms with Crippen LogP contribution in [0.15, 0.2) is 33.3 Å². The molecule has 2 heterocycles. The molecule has 0 saturated carbocycles. The number of nitrogens with two attached hydrogens (primary N) is 1. The zero-order chi connectivity index (χ0) is 14.8. The Hall–Kier alpha value is -2.54. The molecule has 1 atom stereocenters. The van der Waals surface area contributed by atoms with Crippen LogP contribution in [0.1, 0.15) is 40.6 Å². The Kier molecular flexibility index (Phi) is 3.49. The highest BCUT2D eigenvalue weighted by atomic mass is 16.5. The number of hydrogen-bond acceptors (Lipinski definition) is 7. The molecule has 7 nitrogen and oxygen atoms in total. The largest absolute Gasteiger partial charge is 0.340 e. The Morgan fingerprint density at radius 3 is 2.33 bits per heavy atom. The summed E-state index contributed by atoms with van der Waals surface area (Å²) in [5.41, 5.74) is 8.22. The molecule has 3 rings (SSSR count). The second-order valence-corrected chi connectivity index (χ2v) is 4.84. The van der Waals surface area contributed by atoms with E-state index in [1.54, 1.807) is 6.92 Å². The highest BCUT2D eigenvalue weighted by Crippen LogP contribution is 2.18. The number of hydrogen-bond donors (Lipinski definition) is 1. The Morgan fingerprint density at radius 2 is 1.67 bits per heavy atom. The van der Waals surface area contributed by atoms with Gasteiger partial charge in [-0.2, -0.15) is 9.97 Å². The molecule has 2 aromatic heterocycles. The van der Waals surface area contributed by atoms with Crippen molar-refractivity contribution in [2.75, 3.05) is 0 Å². The number of aryl methyl sites for hydroxylation is 2. The predicted octanol–water partition coefficient (Wildman–Crippen LogP) is 1.71. The van der Waals surface area contributed by atoms with E-state index in [4.69, 9.17) is 14.8 Å². The van der Waals surface area contributed by atoms with Crippen LogP contribution in [0, 0.1) is 13.8 Å². The second kappa shape index (κ2) is 5.45. The lowest BCUT2D eigenvalue weighted by Crippen LogP contribution is -2.12. The lowest BCUT2D eigenvalue weighted by Gasteiger charge is -2.06. The van der Waals surface area contributed by atoms with Gasteiger partial charge in [0.05, 0.1) is 6.42 Å². The summed E-state index contributed by atoms with van der Waals surface area (Å²) >= 11 is 0. The van der Waals surface area contributed by atoms with Gasteiger partial charge >= 0.3 is 0 Å². The fourth-order valence-electron chi connectivity index (χ4n) is 1.94. The number of nitrogens with zero attached hydrogens (tertiary/aromatic N) is 4. The van der Waals surface area contributed by atoms with Gasteiger partial charge in [0.1, 0.15) is 6.04 Å². The molecule has 0 spiro atoms. The van der Waals surface area contributed by atoms with Crippen molar-refractivity contribution in [2.45, 2.75) is 26.3 Å². The molecule has 0 amide bonds. The SMILES string of the molecule is Cc1ccc(C(N)c2nc(Cc3noc(C)n3)no2)cc1. The van der Waals surface area contributed by atoms with Crippen molar-refractivity contribution in [1.82, 2.24) is 20.3 Å². The van der Waals surface area contributed by atoms with Crippen LogP contribution in [0.5, 0.6) is 0 Å². The first-order valence-electron chi connectivity index (χ1n) is 6.55. The zero-order valence-corrected chi connectivity index (χ0v) is 11.8. The normalized spacial score (nSPS) is 12.5. The van der Waals surface area contributed by atoms with Crippen molar-refractivity contribution in [3.8, 4) is 0 Å². The number of benzene rings is 1. The molecule has 1 aromatic carbocycles. The average molecular weight is 285 g/mol. The molecule has 2 N–H and O–H groups in total. The molecular weight excluding hydrogens is 270 g/mol. The van der Waals surface area contributed by atoms with Gasteiger partial charge in [0.2, 0.25) is 11.8 Å². The molecule has 0 aliphatic carbocycles. The predicted molar refractivity (Wildman–Crippen MR) is 73.3 cm³/mol. The second-order valence-electron chi connectivity index (χ2n) is 4.84. The third kappa shape index (κ3) is 2.97. The van der Waals surface area contributed by atoms with Gasteiger partial charge in [-0.05, 0) is 12.5 Å². The summed E-state index contributed by atoms with van der Waals surface area (Å²) < 4.78 is 10.1. The first-order chi connectivity index (χ1) is 10.1. The molecule has 0 fully saturated rings. The van der Waals surface area contributed by atoms with E-state index in [0.717, 1.165) is 5.56 Å². The van der Waals surface area contributed by atoms with E-state index in [1.807, 2.05) is 31.2 Å². The fourth-order valence-corrected chi connectivity index (χ4v) is 1.94. The molecule has 0 radical (unpaired) electrons. The summed E-state index contributed by atoms with van der Waals surface area (Å²) in [5, 5.41) is 7.69. The van der Waals surface area contributed by atoms with Crippen LogP contribution < -0.4 is 5.73 Å². The van der Waals surface area contributed by atoms with Crippen LogP contribution in [-0.2, 0) is 6.42 Å². The van der Waals surface area contributed by atoms with Crippen molar-refractivity contribution in [2.24, 2.45) is 5.73 Å². The summed E-state index contributed by atoms with van der Waals surface area (Å²) in [4.78, 5) is 8.39. The van der Waals surface area contributed by atoms with Crippen molar-refractivity contribution in [3.63, 3.8) is 0 Å². The first-order valence-corrected chi connectivity index (χ1v) is 6.55. The molecule has 0 aliphatic rings. The molecule has 3 aromatic rings. The number of rotatable bonds is 4. The highest BCUT2D eigenvalue weighted by Gasteiger charge is 2.17. The lowest BCUT2D eigenvalue weighted by atomic mass is 10.1. The summed E-state index contributed by atoms with van der Waals surface area (Å²) in [6, 6.07) is 7.45. The van der Waals surface area contributed by atoms with E-state index in [-0.39, 0.29) is 0 Å². The van der Waals surface area contributed by atoms with Crippen molar-refractivity contribution < 1.29 is 9.05 Å². The zero-order valence-electron chi connectivity index (χ0n) is 11.8. The van der Waals surface area contributed by atoms with Gasteiger partial charge in [0.25, 0.3) is 0 Å². The van der Waals surface area contributed by atoms with Gasteiger partial charge in [0, 0.05) is 6.92 Å². The lowest BCUT2D eigenvalue weighted by molar-refractivity contribution is 0.362. The molecule has 0 aliphatic heterocycles. The van der Waals surface area contributed by atoms with Crippen molar-refractivity contribution in [1.29, 1.82) is 0 Å². The summed E-state index contributed by atoms with van der Waals surface area (Å²) in [5.74, 6) is 1.87. The molecule has 21 heavy (non-hydrogen) atoms. The van der Waals surface area contributed by atoms with Gasteiger partial charge in [-0.15, -0.1) is 0 Å². The van der Waals surface area contributed by atoms with E-state index in [0.29, 0.717) is 29.9 Å². The monoisotopic (exact) mass is 285 g/mol. The minimum absolute atomic E-state index is 0.349. The van der Waals surface area contributed by atoms with Crippen LogP contribution in [-0.4, -0.2) is 20.3 Å². The van der Waals surface area contributed by atoms with Gasteiger partial charge < -0.3 is 14.8 Å². The van der Waals surface area contributed by atoms with Crippen molar-refractivity contribution >= 4 is 0 Å². The van der Waals surface area contributed by atoms with Crippen LogP contribution in [0.3, 0.4) is 0 Å². The summed E-state index contributed by atoms with van der Waals surface area (Å²) in [6.45, 7) is 3.75. The quantitative estimate of drug-likeness (QED) is 0.778.